The number of fused-ring (bicyclic) bond motifs is 16. The van der Waals surface area contributed by atoms with Gasteiger partial charge in [0.25, 0.3) is 0 Å². The van der Waals surface area contributed by atoms with Crippen molar-refractivity contribution in [2.75, 3.05) is 0 Å². The summed E-state index contributed by atoms with van der Waals surface area (Å²) in [5, 5.41) is 31.0. The van der Waals surface area contributed by atoms with Crippen molar-refractivity contribution in [3.63, 3.8) is 0 Å². The molecule has 0 aliphatic carbocycles. The van der Waals surface area contributed by atoms with Gasteiger partial charge in [-0.1, -0.05) is 170 Å². The standard InChI is InChI=1S/C76H44N6/c77-45-63-72(46-33-35-78-36-34-46)74(80-65-30-14-10-26-56(65)60-38-48-18-2-6-22-52(48)42-69(60)80)76(82-67-32-16-12-28-58(67)62-40-50-20-4-8-24-54(50)44-71(62)82)75(81-66-31-15-11-27-57(66)61-39-49-19-3-7-23-53(49)43-70(61)81)73(63)79-64-29-13-9-25-55(64)59-37-47-17-1-5-21-51(47)41-68(59)79/h1-44H. The second-order valence-electron chi connectivity index (χ2n) is 21.8. The summed E-state index contributed by atoms with van der Waals surface area (Å²) in [5.74, 6) is 0. The third-order valence-corrected chi connectivity index (χ3v) is 17.5. The van der Waals surface area contributed by atoms with Crippen molar-refractivity contribution in [3.05, 3.63) is 273 Å². The molecule has 0 amide bonds. The van der Waals surface area contributed by atoms with Gasteiger partial charge in [0, 0.05) is 61.0 Å². The zero-order valence-electron chi connectivity index (χ0n) is 44.1. The average molecular weight is 1040 g/mol. The van der Waals surface area contributed by atoms with E-state index in [1.807, 2.05) is 12.4 Å². The van der Waals surface area contributed by atoms with E-state index in [1.54, 1.807) is 0 Å². The van der Waals surface area contributed by atoms with Gasteiger partial charge in [-0.25, -0.2) is 0 Å². The van der Waals surface area contributed by atoms with Crippen LogP contribution in [0.15, 0.2) is 267 Å². The molecule has 0 spiro atoms. The Hall–Kier alpha value is -11.3. The van der Waals surface area contributed by atoms with E-state index in [-0.39, 0.29) is 0 Å². The number of benzene rings is 13. The molecule has 0 unspecified atom stereocenters. The molecule has 0 saturated heterocycles. The number of rotatable bonds is 5. The van der Waals surface area contributed by atoms with Gasteiger partial charge in [0.15, 0.2) is 0 Å². The molecule has 5 heterocycles. The molecule has 0 aliphatic heterocycles. The maximum absolute atomic E-state index is 12.9. The predicted molar refractivity (Wildman–Crippen MR) is 342 cm³/mol. The molecule has 6 heteroatoms. The van der Waals surface area contributed by atoms with Gasteiger partial charge in [-0.2, -0.15) is 5.26 Å². The zero-order valence-corrected chi connectivity index (χ0v) is 44.1. The van der Waals surface area contributed by atoms with E-state index in [9.17, 15) is 5.26 Å². The molecular weight excluding hydrogens is 997 g/mol. The lowest BCUT2D eigenvalue weighted by Gasteiger charge is -2.29. The molecule has 5 aromatic heterocycles. The molecule has 13 aromatic carbocycles. The fraction of sp³-hybridized carbons (Fsp3) is 0. The number of pyridine rings is 1. The summed E-state index contributed by atoms with van der Waals surface area (Å²) in [4.78, 5) is 4.67. The highest BCUT2D eigenvalue weighted by atomic mass is 15.1. The number of para-hydroxylation sites is 4. The molecule has 0 radical (unpaired) electrons. The van der Waals surface area contributed by atoms with Crippen molar-refractivity contribution < 1.29 is 0 Å². The van der Waals surface area contributed by atoms with Crippen molar-refractivity contribution in [1.29, 1.82) is 5.26 Å². The Bertz CT molecular complexity index is 5840. The van der Waals surface area contributed by atoms with Crippen molar-refractivity contribution in [2.45, 2.75) is 0 Å². The second kappa shape index (κ2) is 16.9. The van der Waals surface area contributed by atoms with Crippen LogP contribution in [0.3, 0.4) is 0 Å². The summed E-state index contributed by atoms with van der Waals surface area (Å²) in [7, 11) is 0. The number of nitriles is 1. The monoisotopic (exact) mass is 1040 g/mol. The van der Waals surface area contributed by atoms with Crippen LogP contribution in [0.1, 0.15) is 5.56 Å². The van der Waals surface area contributed by atoms with Crippen LogP contribution in [0.2, 0.25) is 0 Å². The van der Waals surface area contributed by atoms with E-state index in [0.717, 1.165) is 164 Å². The lowest BCUT2D eigenvalue weighted by atomic mass is 9.93. The zero-order chi connectivity index (χ0) is 53.7. The number of aromatic nitrogens is 5. The third-order valence-electron chi connectivity index (χ3n) is 17.5. The summed E-state index contributed by atoms with van der Waals surface area (Å²) in [6, 6.07) is 96.0. The molecule has 378 valence electrons. The van der Waals surface area contributed by atoms with E-state index in [2.05, 4.69) is 284 Å². The van der Waals surface area contributed by atoms with Gasteiger partial charge >= 0.3 is 0 Å². The number of hydrogen-bond donors (Lipinski definition) is 0. The lowest BCUT2D eigenvalue weighted by Crippen LogP contribution is -2.16. The molecule has 82 heavy (non-hydrogen) atoms. The van der Waals surface area contributed by atoms with E-state index in [1.165, 1.54) is 0 Å². The SMILES string of the molecule is N#Cc1c(-c2ccncc2)c(-n2c3ccccc3c3cc4ccccc4cc32)c(-n2c3ccccc3c3cc4ccccc4cc32)c(-n2c3ccccc3c3cc4ccccc4cc32)c1-n1c2ccccc2c2cc3ccccc3cc21. The van der Waals surface area contributed by atoms with Gasteiger partial charge in [-0.3, -0.25) is 4.98 Å². The second-order valence-corrected chi connectivity index (χ2v) is 21.8. The average Bonchev–Trinajstić information content (AvgIpc) is 2.23. The molecule has 0 N–H and O–H groups in total. The molecule has 0 bridgehead atoms. The van der Waals surface area contributed by atoms with Crippen molar-refractivity contribution >= 4 is 130 Å². The normalized spacial score (nSPS) is 12.1. The Labute approximate surface area is 469 Å². The Morgan fingerprint density at radius 2 is 0.524 bits per heavy atom. The topological polar surface area (TPSA) is 56.4 Å². The maximum Gasteiger partial charge on any atom is 0.102 e. The van der Waals surface area contributed by atoms with Gasteiger partial charge in [-0.15, -0.1) is 0 Å². The molecule has 6 nitrogen and oxygen atoms in total. The van der Waals surface area contributed by atoms with Crippen LogP contribution in [0.5, 0.6) is 0 Å². The first kappa shape index (κ1) is 44.7. The molecule has 18 rings (SSSR count). The largest absolute Gasteiger partial charge is 0.306 e. The summed E-state index contributed by atoms with van der Waals surface area (Å²) < 4.78 is 9.96. The van der Waals surface area contributed by atoms with Crippen molar-refractivity contribution in [2.24, 2.45) is 0 Å². The first-order chi connectivity index (χ1) is 40.7. The van der Waals surface area contributed by atoms with Crippen molar-refractivity contribution in [1.82, 2.24) is 23.3 Å². The Morgan fingerprint density at radius 1 is 0.256 bits per heavy atom. The Morgan fingerprint density at radius 3 is 0.854 bits per heavy atom. The highest BCUT2D eigenvalue weighted by Gasteiger charge is 2.35. The van der Waals surface area contributed by atoms with Crippen LogP contribution < -0.4 is 0 Å². The summed E-state index contributed by atoms with van der Waals surface area (Å²) in [6.07, 6.45) is 3.73. The smallest absolute Gasteiger partial charge is 0.102 e. The first-order valence-corrected chi connectivity index (χ1v) is 27.9. The van der Waals surface area contributed by atoms with Gasteiger partial charge in [-0.05, 0) is 134 Å². The van der Waals surface area contributed by atoms with Crippen LogP contribution in [0.4, 0.5) is 0 Å². The van der Waals surface area contributed by atoms with Crippen molar-refractivity contribution in [3.8, 4) is 39.9 Å². The van der Waals surface area contributed by atoms with Crippen LogP contribution in [-0.2, 0) is 0 Å². The first-order valence-electron chi connectivity index (χ1n) is 27.9. The highest BCUT2D eigenvalue weighted by Crippen LogP contribution is 2.52. The third kappa shape index (κ3) is 6.14. The van der Waals surface area contributed by atoms with Crippen LogP contribution in [-0.4, -0.2) is 23.3 Å². The minimum Gasteiger partial charge on any atom is -0.306 e. The Balaban J connectivity index is 1.21. The fourth-order valence-corrected chi connectivity index (χ4v) is 14.0. The van der Waals surface area contributed by atoms with Crippen LogP contribution >= 0.6 is 0 Å². The van der Waals surface area contributed by atoms with E-state index in [0.29, 0.717) is 5.56 Å². The summed E-state index contributed by atoms with van der Waals surface area (Å²) >= 11 is 0. The molecular formula is C76H44N6. The fourth-order valence-electron chi connectivity index (χ4n) is 14.0. The summed E-state index contributed by atoms with van der Waals surface area (Å²) in [6.45, 7) is 0. The Kier molecular flexibility index (Phi) is 9.20. The number of hydrogen-bond acceptors (Lipinski definition) is 2. The molecule has 18 aromatic rings. The molecule has 0 fully saturated rings. The van der Waals surface area contributed by atoms with Gasteiger partial charge in [0.2, 0.25) is 0 Å². The molecule has 0 aliphatic rings. The minimum absolute atomic E-state index is 0.528. The molecule has 0 saturated carbocycles. The summed E-state index contributed by atoms with van der Waals surface area (Å²) in [5.41, 5.74) is 13.8. The lowest BCUT2D eigenvalue weighted by molar-refractivity contribution is 1.02. The predicted octanol–water partition coefficient (Wildman–Crippen LogP) is 19.6. The van der Waals surface area contributed by atoms with Gasteiger partial charge < -0.3 is 18.3 Å². The minimum atomic E-state index is 0.528. The van der Waals surface area contributed by atoms with Crippen LogP contribution in [0, 0.1) is 11.3 Å². The van der Waals surface area contributed by atoms with Gasteiger partial charge in [0.05, 0.1) is 72.4 Å². The van der Waals surface area contributed by atoms with Crippen LogP contribution in [0.25, 0.3) is 164 Å². The van der Waals surface area contributed by atoms with E-state index >= 15 is 0 Å². The van der Waals surface area contributed by atoms with E-state index in [4.69, 9.17) is 0 Å². The molecule has 0 atom stereocenters. The number of nitrogens with zero attached hydrogens (tertiary/aromatic N) is 6. The maximum atomic E-state index is 12.9. The van der Waals surface area contributed by atoms with Gasteiger partial charge in [0.1, 0.15) is 6.07 Å². The van der Waals surface area contributed by atoms with E-state index < -0.39 is 0 Å². The highest BCUT2D eigenvalue weighted by molar-refractivity contribution is 6.21. The quantitative estimate of drug-likeness (QED) is 0.172.